The van der Waals surface area contributed by atoms with E-state index in [1.165, 1.54) is 10.9 Å². The van der Waals surface area contributed by atoms with Crippen molar-refractivity contribution < 1.29 is 14.3 Å². The fourth-order valence-corrected chi connectivity index (χ4v) is 4.71. The van der Waals surface area contributed by atoms with Gasteiger partial charge in [-0.25, -0.2) is 0 Å². The van der Waals surface area contributed by atoms with E-state index in [-0.39, 0.29) is 24.2 Å². The molecule has 2 heterocycles. The van der Waals surface area contributed by atoms with Crippen molar-refractivity contribution in [1.82, 2.24) is 15.2 Å². The highest BCUT2D eigenvalue weighted by Crippen LogP contribution is 2.35. The first-order valence-corrected chi connectivity index (χ1v) is 11.7. The molecule has 2 N–H and O–H groups in total. The maximum absolute atomic E-state index is 13.3. The Morgan fingerprint density at radius 3 is 2.52 bits per heavy atom. The van der Waals surface area contributed by atoms with Crippen LogP contribution in [0.25, 0.3) is 10.9 Å². The number of nitrogens with one attached hydrogen (secondary N) is 2. The van der Waals surface area contributed by atoms with Gasteiger partial charge in [0.2, 0.25) is 11.8 Å². The van der Waals surface area contributed by atoms with Gasteiger partial charge in [-0.2, -0.15) is 0 Å². The Kier molecular flexibility index (Phi) is 7.02. The van der Waals surface area contributed by atoms with Gasteiger partial charge in [0.15, 0.2) is 0 Å². The number of fused-ring (bicyclic) bond motifs is 1. The SMILES string of the molecule is COc1ccc2[nH]cc(C3CCN(C(=O)C(NC(=O)Cc4ccccc4)C(C)C)CC3)c2c1. The standard InChI is InChI=1S/C27H33N3O3/c1-18(2)26(29-25(31)15-19-7-5-4-6-8-19)27(32)30-13-11-20(12-14-30)23-17-28-24-10-9-21(33-3)16-22(23)24/h4-10,16-18,20,26,28H,11-15H2,1-3H3,(H,29,31). The van der Waals surface area contributed by atoms with E-state index in [4.69, 9.17) is 4.74 Å². The number of hydrogen-bond acceptors (Lipinski definition) is 3. The highest BCUT2D eigenvalue weighted by Gasteiger charge is 2.32. The lowest BCUT2D eigenvalue weighted by atomic mass is 9.88. The lowest BCUT2D eigenvalue weighted by Gasteiger charge is -2.35. The molecule has 33 heavy (non-hydrogen) atoms. The normalized spacial score (nSPS) is 15.6. The van der Waals surface area contributed by atoms with E-state index in [0.29, 0.717) is 19.0 Å². The number of nitrogens with zero attached hydrogens (tertiary/aromatic N) is 1. The molecule has 0 radical (unpaired) electrons. The first-order valence-electron chi connectivity index (χ1n) is 11.7. The van der Waals surface area contributed by atoms with Gasteiger partial charge in [0, 0.05) is 30.2 Å². The number of ether oxygens (including phenoxy) is 1. The van der Waals surface area contributed by atoms with Crippen molar-refractivity contribution in [3.63, 3.8) is 0 Å². The third kappa shape index (κ3) is 5.21. The van der Waals surface area contributed by atoms with Crippen LogP contribution in [0.15, 0.2) is 54.7 Å². The zero-order valence-electron chi connectivity index (χ0n) is 19.6. The molecule has 2 aromatic carbocycles. The summed E-state index contributed by atoms with van der Waals surface area (Å²) in [5.74, 6) is 1.17. The van der Waals surface area contributed by atoms with Crippen LogP contribution < -0.4 is 10.1 Å². The molecule has 3 aromatic rings. The van der Waals surface area contributed by atoms with Crippen molar-refractivity contribution in [3.05, 3.63) is 65.9 Å². The number of amides is 2. The van der Waals surface area contributed by atoms with E-state index >= 15 is 0 Å². The molecule has 1 fully saturated rings. The molecule has 6 heteroatoms. The Morgan fingerprint density at radius 2 is 1.85 bits per heavy atom. The minimum absolute atomic E-state index is 0.0189. The summed E-state index contributed by atoms with van der Waals surface area (Å²) in [4.78, 5) is 31.2. The van der Waals surface area contributed by atoms with Crippen LogP contribution >= 0.6 is 0 Å². The molecule has 0 bridgehead atoms. The summed E-state index contributed by atoms with van der Waals surface area (Å²) in [6.45, 7) is 5.35. The van der Waals surface area contributed by atoms with Crippen molar-refractivity contribution in [2.45, 2.75) is 45.1 Å². The molecule has 1 saturated heterocycles. The molecule has 1 aliphatic heterocycles. The second-order valence-electron chi connectivity index (χ2n) is 9.21. The van der Waals surface area contributed by atoms with Gasteiger partial charge in [-0.05, 0) is 54.0 Å². The zero-order chi connectivity index (χ0) is 23.4. The Labute approximate surface area is 195 Å². The fourth-order valence-electron chi connectivity index (χ4n) is 4.71. The average Bonchev–Trinajstić information content (AvgIpc) is 3.26. The quantitative estimate of drug-likeness (QED) is 0.568. The molecule has 6 nitrogen and oxygen atoms in total. The molecule has 0 aliphatic carbocycles. The van der Waals surface area contributed by atoms with Crippen LogP contribution in [0.5, 0.6) is 5.75 Å². The van der Waals surface area contributed by atoms with Gasteiger partial charge in [-0.1, -0.05) is 44.2 Å². The van der Waals surface area contributed by atoms with Crippen molar-refractivity contribution in [2.24, 2.45) is 5.92 Å². The molecule has 1 aliphatic rings. The number of benzene rings is 2. The number of rotatable bonds is 7. The van der Waals surface area contributed by atoms with Gasteiger partial charge in [-0.15, -0.1) is 0 Å². The predicted molar refractivity (Wildman–Crippen MR) is 130 cm³/mol. The number of hydrogen-bond donors (Lipinski definition) is 2. The zero-order valence-corrected chi connectivity index (χ0v) is 19.6. The summed E-state index contributed by atoms with van der Waals surface area (Å²) in [5, 5.41) is 4.18. The summed E-state index contributed by atoms with van der Waals surface area (Å²) in [6, 6.07) is 15.2. The molecule has 4 rings (SSSR count). The number of likely N-dealkylation sites (tertiary alicyclic amines) is 1. The highest BCUT2D eigenvalue weighted by molar-refractivity contribution is 5.89. The molecule has 1 unspecified atom stereocenters. The van der Waals surface area contributed by atoms with Gasteiger partial charge in [0.05, 0.1) is 13.5 Å². The van der Waals surface area contributed by atoms with Crippen molar-refractivity contribution in [3.8, 4) is 5.75 Å². The number of piperidine rings is 1. The molecule has 0 spiro atoms. The monoisotopic (exact) mass is 447 g/mol. The lowest BCUT2D eigenvalue weighted by molar-refractivity contribution is -0.138. The Morgan fingerprint density at radius 1 is 1.12 bits per heavy atom. The summed E-state index contributed by atoms with van der Waals surface area (Å²) in [7, 11) is 1.68. The third-order valence-corrected chi connectivity index (χ3v) is 6.62. The first-order chi connectivity index (χ1) is 16.0. The number of H-pyrrole nitrogens is 1. The van der Waals surface area contributed by atoms with Crippen molar-refractivity contribution in [1.29, 1.82) is 0 Å². The summed E-state index contributed by atoms with van der Waals surface area (Å²) >= 11 is 0. The smallest absolute Gasteiger partial charge is 0.245 e. The Hall–Kier alpha value is -3.28. The summed E-state index contributed by atoms with van der Waals surface area (Å²) < 4.78 is 5.40. The van der Waals surface area contributed by atoms with E-state index in [1.54, 1.807) is 7.11 Å². The van der Waals surface area contributed by atoms with Crippen LogP contribution in [0.3, 0.4) is 0 Å². The Bertz CT molecular complexity index is 1100. The van der Waals surface area contributed by atoms with Crippen LogP contribution in [0.1, 0.15) is 43.7 Å². The number of methoxy groups -OCH3 is 1. The molecule has 1 atom stereocenters. The Balaban J connectivity index is 1.38. The summed E-state index contributed by atoms with van der Waals surface area (Å²) in [6.07, 6.45) is 4.17. The molecule has 174 valence electrons. The van der Waals surface area contributed by atoms with E-state index in [9.17, 15) is 9.59 Å². The second kappa shape index (κ2) is 10.1. The number of carbonyl (C=O) groups is 2. The van der Waals surface area contributed by atoms with Gasteiger partial charge in [0.25, 0.3) is 0 Å². The molecular formula is C27H33N3O3. The molecule has 1 aromatic heterocycles. The van der Waals surface area contributed by atoms with Crippen LogP contribution in [-0.4, -0.2) is 47.9 Å². The average molecular weight is 448 g/mol. The second-order valence-corrected chi connectivity index (χ2v) is 9.21. The fraction of sp³-hybridized carbons (Fsp3) is 0.407. The van der Waals surface area contributed by atoms with E-state index in [1.807, 2.05) is 61.2 Å². The van der Waals surface area contributed by atoms with Crippen LogP contribution in [0.4, 0.5) is 0 Å². The number of aromatic nitrogens is 1. The minimum atomic E-state index is -0.505. The van der Waals surface area contributed by atoms with Crippen LogP contribution in [0, 0.1) is 5.92 Å². The number of aromatic amines is 1. The maximum atomic E-state index is 13.3. The van der Waals surface area contributed by atoms with Crippen LogP contribution in [-0.2, 0) is 16.0 Å². The molecule has 0 saturated carbocycles. The summed E-state index contributed by atoms with van der Waals surface area (Å²) in [5.41, 5.74) is 3.33. The van der Waals surface area contributed by atoms with Gasteiger partial charge in [-0.3, -0.25) is 9.59 Å². The van der Waals surface area contributed by atoms with E-state index in [2.05, 4.69) is 22.6 Å². The topological polar surface area (TPSA) is 74.4 Å². The van der Waals surface area contributed by atoms with E-state index in [0.717, 1.165) is 29.7 Å². The minimum Gasteiger partial charge on any atom is -0.497 e. The number of carbonyl (C=O) groups excluding carboxylic acids is 2. The maximum Gasteiger partial charge on any atom is 0.245 e. The van der Waals surface area contributed by atoms with Gasteiger partial charge in [0.1, 0.15) is 11.8 Å². The first kappa shape index (κ1) is 22.9. The highest BCUT2D eigenvalue weighted by atomic mass is 16.5. The van der Waals surface area contributed by atoms with E-state index < -0.39 is 6.04 Å². The van der Waals surface area contributed by atoms with Crippen LogP contribution in [0.2, 0.25) is 0 Å². The van der Waals surface area contributed by atoms with Crippen molar-refractivity contribution >= 4 is 22.7 Å². The molecule has 2 amide bonds. The molecular weight excluding hydrogens is 414 g/mol. The van der Waals surface area contributed by atoms with Gasteiger partial charge >= 0.3 is 0 Å². The third-order valence-electron chi connectivity index (χ3n) is 6.62. The van der Waals surface area contributed by atoms with Gasteiger partial charge < -0.3 is 19.9 Å². The largest absolute Gasteiger partial charge is 0.497 e. The van der Waals surface area contributed by atoms with Crippen molar-refractivity contribution in [2.75, 3.05) is 20.2 Å². The lowest BCUT2D eigenvalue weighted by Crippen LogP contribution is -2.53. The predicted octanol–water partition coefficient (Wildman–Crippen LogP) is 4.27.